The zero-order valence-corrected chi connectivity index (χ0v) is 12.3. The molecule has 0 aliphatic rings. The molecule has 0 saturated heterocycles. The second-order valence-electron chi connectivity index (χ2n) is 4.43. The Balaban J connectivity index is 2.09. The number of benzene rings is 1. The molecule has 5 heteroatoms. The van der Waals surface area contributed by atoms with Gasteiger partial charge in [-0.3, -0.25) is 4.79 Å². The number of aldehydes is 1. The second-order valence-corrected chi connectivity index (χ2v) is 6.15. The van der Waals surface area contributed by atoms with Crippen LogP contribution in [0.1, 0.15) is 15.9 Å². The first-order valence-electron chi connectivity index (χ1n) is 6.05. The number of carbonyl (C=O) groups is 1. The van der Waals surface area contributed by atoms with Gasteiger partial charge in [0.05, 0.1) is 20.5 Å². The van der Waals surface area contributed by atoms with Gasteiger partial charge in [0.15, 0.2) is 6.29 Å². The minimum atomic E-state index is 0.559. The van der Waals surface area contributed by atoms with Crippen molar-refractivity contribution in [3.63, 3.8) is 0 Å². The van der Waals surface area contributed by atoms with Crippen molar-refractivity contribution in [2.24, 2.45) is 0 Å². The number of halogens is 1. The molecular formula is C15H11ClN2OS. The molecule has 0 bridgehead atoms. The highest BCUT2D eigenvalue weighted by Crippen LogP contribution is 2.32. The van der Waals surface area contributed by atoms with Crippen LogP contribution in [0, 0.1) is 6.92 Å². The van der Waals surface area contributed by atoms with E-state index in [9.17, 15) is 4.79 Å². The summed E-state index contributed by atoms with van der Waals surface area (Å²) < 4.78 is 2.40. The molecule has 0 aliphatic carbocycles. The van der Waals surface area contributed by atoms with Crippen molar-refractivity contribution in [3.05, 3.63) is 58.1 Å². The van der Waals surface area contributed by atoms with Crippen LogP contribution in [0.4, 0.5) is 0 Å². The average Bonchev–Trinajstić information content (AvgIpc) is 3.05. The summed E-state index contributed by atoms with van der Waals surface area (Å²) in [5.41, 5.74) is 3.33. The van der Waals surface area contributed by atoms with Crippen molar-refractivity contribution in [1.82, 2.24) is 9.78 Å². The summed E-state index contributed by atoms with van der Waals surface area (Å²) in [6, 6.07) is 11.7. The van der Waals surface area contributed by atoms with Crippen molar-refractivity contribution in [2.45, 2.75) is 6.92 Å². The first kappa shape index (κ1) is 13.1. The standard InChI is InChI=1S/C15H11ClN2OS/c1-10-2-4-12(5-3-10)18-8-11(9-19)15(17-18)13-6-7-14(16)20-13/h2-9H,1H3. The molecule has 3 rings (SSSR count). The summed E-state index contributed by atoms with van der Waals surface area (Å²) >= 11 is 7.35. The summed E-state index contributed by atoms with van der Waals surface area (Å²) in [6.07, 6.45) is 2.56. The monoisotopic (exact) mass is 302 g/mol. The molecule has 3 nitrogen and oxygen atoms in total. The fraction of sp³-hybridized carbons (Fsp3) is 0.0667. The predicted molar refractivity (Wildman–Crippen MR) is 82.0 cm³/mol. The largest absolute Gasteiger partial charge is 0.298 e. The Bertz CT molecular complexity index is 759. The van der Waals surface area contributed by atoms with Crippen LogP contribution in [0.25, 0.3) is 16.3 Å². The Labute approximate surface area is 125 Å². The lowest BCUT2D eigenvalue weighted by Crippen LogP contribution is -1.94. The molecular weight excluding hydrogens is 292 g/mol. The Kier molecular flexibility index (Phi) is 3.42. The predicted octanol–water partition coefficient (Wildman–Crippen LogP) is 4.38. The number of aromatic nitrogens is 2. The van der Waals surface area contributed by atoms with Crippen molar-refractivity contribution in [1.29, 1.82) is 0 Å². The van der Waals surface area contributed by atoms with Crippen LogP contribution in [0.15, 0.2) is 42.6 Å². The summed E-state index contributed by atoms with van der Waals surface area (Å²) in [4.78, 5) is 12.1. The molecule has 0 atom stereocenters. The van der Waals surface area contributed by atoms with E-state index in [4.69, 9.17) is 11.6 Å². The van der Waals surface area contributed by atoms with Gasteiger partial charge in [-0.15, -0.1) is 11.3 Å². The lowest BCUT2D eigenvalue weighted by Gasteiger charge is -2.01. The number of nitrogens with zero attached hydrogens (tertiary/aromatic N) is 2. The third kappa shape index (κ3) is 2.40. The molecule has 0 spiro atoms. The zero-order chi connectivity index (χ0) is 14.1. The van der Waals surface area contributed by atoms with Crippen LogP contribution in [0.2, 0.25) is 4.34 Å². The van der Waals surface area contributed by atoms with E-state index in [0.29, 0.717) is 15.6 Å². The average molecular weight is 303 g/mol. The van der Waals surface area contributed by atoms with Crippen LogP contribution < -0.4 is 0 Å². The third-order valence-corrected chi connectivity index (χ3v) is 4.21. The number of rotatable bonds is 3. The van der Waals surface area contributed by atoms with Crippen LogP contribution in [0.5, 0.6) is 0 Å². The fourth-order valence-electron chi connectivity index (χ4n) is 1.94. The first-order chi connectivity index (χ1) is 9.67. The minimum Gasteiger partial charge on any atom is -0.298 e. The molecule has 2 aromatic heterocycles. The van der Waals surface area contributed by atoms with Crippen LogP contribution in [-0.2, 0) is 0 Å². The van der Waals surface area contributed by atoms with Gasteiger partial charge in [-0.25, -0.2) is 4.68 Å². The molecule has 0 N–H and O–H groups in total. The maximum absolute atomic E-state index is 11.2. The number of carbonyl (C=O) groups excluding carboxylic acids is 1. The maximum Gasteiger partial charge on any atom is 0.153 e. The quantitative estimate of drug-likeness (QED) is 0.673. The Morgan fingerprint density at radius 3 is 2.55 bits per heavy atom. The molecule has 20 heavy (non-hydrogen) atoms. The van der Waals surface area contributed by atoms with E-state index < -0.39 is 0 Å². The highest BCUT2D eigenvalue weighted by Gasteiger charge is 2.13. The lowest BCUT2D eigenvalue weighted by atomic mass is 10.2. The molecule has 0 radical (unpaired) electrons. The van der Waals surface area contributed by atoms with Gasteiger partial charge in [-0.2, -0.15) is 5.10 Å². The summed E-state index contributed by atoms with van der Waals surface area (Å²) in [5.74, 6) is 0. The van der Waals surface area contributed by atoms with Crippen molar-refractivity contribution >= 4 is 29.2 Å². The Morgan fingerprint density at radius 2 is 1.95 bits per heavy atom. The molecule has 0 aliphatic heterocycles. The van der Waals surface area contributed by atoms with E-state index >= 15 is 0 Å². The van der Waals surface area contributed by atoms with E-state index in [1.54, 1.807) is 16.9 Å². The Hall–Kier alpha value is -1.91. The van der Waals surface area contributed by atoms with Gasteiger partial charge < -0.3 is 0 Å². The minimum absolute atomic E-state index is 0.559. The molecule has 100 valence electrons. The lowest BCUT2D eigenvalue weighted by molar-refractivity contribution is 0.112. The highest BCUT2D eigenvalue weighted by molar-refractivity contribution is 7.19. The van der Waals surface area contributed by atoms with E-state index in [1.807, 2.05) is 37.3 Å². The van der Waals surface area contributed by atoms with Gasteiger partial charge in [0.25, 0.3) is 0 Å². The van der Waals surface area contributed by atoms with Gasteiger partial charge in [0, 0.05) is 6.20 Å². The third-order valence-electron chi connectivity index (χ3n) is 2.97. The van der Waals surface area contributed by atoms with E-state index in [2.05, 4.69) is 5.10 Å². The van der Waals surface area contributed by atoms with Gasteiger partial charge in [-0.1, -0.05) is 29.3 Å². The summed E-state index contributed by atoms with van der Waals surface area (Å²) in [6.45, 7) is 2.03. The molecule has 0 amide bonds. The number of hydrogen-bond donors (Lipinski definition) is 0. The molecule has 0 fully saturated rings. The SMILES string of the molecule is Cc1ccc(-n2cc(C=O)c(-c3ccc(Cl)s3)n2)cc1. The molecule has 3 aromatic rings. The highest BCUT2D eigenvalue weighted by atomic mass is 35.5. The van der Waals surface area contributed by atoms with Crippen molar-refractivity contribution in [2.75, 3.05) is 0 Å². The van der Waals surface area contributed by atoms with Gasteiger partial charge >= 0.3 is 0 Å². The van der Waals surface area contributed by atoms with Gasteiger partial charge in [0.2, 0.25) is 0 Å². The van der Waals surface area contributed by atoms with E-state index in [-0.39, 0.29) is 0 Å². The van der Waals surface area contributed by atoms with Gasteiger partial charge in [-0.05, 0) is 31.2 Å². The summed E-state index contributed by atoms with van der Waals surface area (Å²) in [7, 11) is 0. The molecule has 2 heterocycles. The van der Waals surface area contributed by atoms with E-state index in [0.717, 1.165) is 16.9 Å². The van der Waals surface area contributed by atoms with Crippen LogP contribution >= 0.6 is 22.9 Å². The van der Waals surface area contributed by atoms with Gasteiger partial charge in [0.1, 0.15) is 5.69 Å². The normalized spacial score (nSPS) is 10.7. The molecule has 0 saturated carbocycles. The van der Waals surface area contributed by atoms with Crippen LogP contribution in [-0.4, -0.2) is 16.1 Å². The summed E-state index contributed by atoms with van der Waals surface area (Å²) in [5, 5.41) is 4.50. The first-order valence-corrected chi connectivity index (χ1v) is 7.24. The molecule has 1 aromatic carbocycles. The maximum atomic E-state index is 11.2. The topological polar surface area (TPSA) is 34.9 Å². The zero-order valence-electron chi connectivity index (χ0n) is 10.7. The number of hydrogen-bond acceptors (Lipinski definition) is 3. The Morgan fingerprint density at radius 1 is 1.20 bits per heavy atom. The van der Waals surface area contributed by atoms with E-state index in [1.165, 1.54) is 16.9 Å². The number of aryl methyl sites for hydroxylation is 1. The fourth-order valence-corrected chi connectivity index (χ4v) is 2.99. The second kappa shape index (κ2) is 5.23. The number of thiophene rings is 1. The van der Waals surface area contributed by atoms with Crippen LogP contribution in [0.3, 0.4) is 0 Å². The van der Waals surface area contributed by atoms with Crippen molar-refractivity contribution in [3.8, 4) is 16.3 Å². The van der Waals surface area contributed by atoms with Crippen molar-refractivity contribution < 1.29 is 4.79 Å². The molecule has 0 unspecified atom stereocenters. The smallest absolute Gasteiger partial charge is 0.153 e.